The number of hydrogen-bond acceptors (Lipinski definition) is 4. The van der Waals surface area contributed by atoms with Crippen LogP contribution in [0.25, 0.3) is 10.9 Å². The van der Waals surface area contributed by atoms with Gasteiger partial charge in [0.05, 0.1) is 6.54 Å². The molecule has 1 aromatic heterocycles. The summed E-state index contributed by atoms with van der Waals surface area (Å²) in [5.74, 6) is -3.06. The van der Waals surface area contributed by atoms with Crippen molar-refractivity contribution in [3.63, 3.8) is 0 Å². The predicted octanol–water partition coefficient (Wildman–Crippen LogP) is 4.28. The van der Waals surface area contributed by atoms with E-state index in [-0.39, 0.29) is 55.6 Å². The molecule has 1 aromatic carbocycles. The number of aromatic nitrogens is 2. The van der Waals surface area contributed by atoms with Crippen LogP contribution < -0.4 is 0 Å². The lowest BCUT2D eigenvalue weighted by molar-refractivity contribution is -0.139. The Labute approximate surface area is 205 Å². The van der Waals surface area contributed by atoms with Crippen molar-refractivity contribution in [2.75, 3.05) is 13.1 Å². The quantitative estimate of drug-likeness (QED) is 0.501. The second kappa shape index (κ2) is 9.81. The highest BCUT2D eigenvalue weighted by Gasteiger charge is 2.44. The molecule has 2 aromatic rings. The first kappa shape index (κ1) is 25.5. The Kier molecular flexibility index (Phi) is 7.15. The molecule has 1 saturated heterocycles. The van der Waals surface area contributed by atoms with E-state index in [2.05, 4.69) is 18.3 Å². The molecule has 190 valence electrons. The normalized spacial score (nSPS) is 21.3. The third kappa shape index (κ3) is 4.91. The Morgan fingerprint density at radius 1 is 1.23 bits per heavy atom. The van der Waals surface area contributed by atoms with Crippen LogP contribution in [0.15, 0.2) is 48.5 Å². The first-order valence-corrected chi connectivity index (χ1v) is 13.4. The van der Waals surface area contributed by atoms with Crippen LogP contribution in [-0.2, 0) is 21.4 Å². The summed E-state index contributed by atoms with van der Waals surface area (Å²) in [6, 6.07) is 2.05. The fourth-order valence-electron chi connectivity index (χ4n) is 5.18. The third-order valence-corrected chi connectivity index (χ3v) is 8.97. The average Bonchev–Trinajstić information content (AvgIpc) is 3.46. The number of sulfonamides is 1. The first-order chi connectivity index (χ1) is 16.6. The Hall–Kier alpha value is -2.59. The van der Waals surface area contributed by atoms with E-state index in [1.165, 1.54) is 4.31 Å². The van der Waals surface area contributed by atoms with Gasteiger partial charge in [0.2, 0.25) is 21.9 Å². The molecule has 1 aliphatic carbocycles. The molecule has 4 rings (SSSR count). The van der Waals surface area contributed by atoms with Crippen molar-refractivity contribution in [3.05, 3.63) is 49.2 Å². The fourth-order valence-corrected chi connectivity index (χ4v) is 6.97. The molecular formula is C25H32F2N4O3S. The molecule has 0 N–H and O–H groups in total. The van der Waals surface area contributed by atoms with Gasteiger partial charge in [-0.25, -0.2) is 17.2 Å². The van der Waals surface area contributed by atoms with Crippen molar-refractivity contribution < 1.29 is 22.0 Å². The number of fused-ring (bicyclic) bond motifs is 1. The molecule has 0 bridgehead atoms. The number of hydrogen-bond donors (Lipinski definition) is 0. The van der Waals surface area contributed by atoms with Crippen molar-refractivity contribution in [2.45, 2.75) is 74.9 Å². The van der Waals surface area contributed by atoms with Crippen molar-refractivity contribution in [1.82, 2.24) is 19.0 Å². The standard InChI is InChI=1S/C25H32F2N4O3S/c1-4-14-29-17-20-18(3)8-9-22(23(20)28-29)35(33,34)31-16-6-7-21(31)24(32)30(15-5-2)19-10-12-25(26,27)13-11-19/h4-5,8-9,17,19,21H,1-2,6-7,10-16H2,3H3/t21-/m0/s1. The molecule has 1 amide bonds. The Morgan fingerprint density at radius 3 is 2.60 bits per heavy atom. The van der Waals surface area contributed by atoms with E-state index in [0.717, 1.165) is 10.9 Å². The summed E-state index contributed by atoms with van der Waals surface area (Å²) in [5, 5.41) is 5.21. The van der Waals surface area contributed by atoms with E-state index in [9.17, 15) is 22.0 Å². The number of allylic oxidation sites excluding steroid dienone is 1. The zero-order valence-corrected chi connectivity index (χ0v) is 20.8. The van der Waals surface area contributed by atoms with Crippen LogP contribution in [0.3, 0.4) is 0 Å². The minimum atomic E-state index is -4.04. The summed E-state index contributed by atoms with van der Waals surface area (Å²) in [4.78, 5) is 15.3. The molecule has 7 nitrogen and oxygen atoms in total. The van der Waals surface area contributed by atoms with Gasteiger partial charge in [-0.05, 0) is 44.2 Å². The van der Waals surface area contributed by atoms with Gasteiger partial charge in [-0.3, -0.25) is 9.48 Å². The van der Waals surface area contributed by atoms with E-state index >= 15 is 0 Å². The van der Waals surface area contributed by atoms with Gasteiger partial charge in [0.15, 0.2) is 0 Å². The molecule has 1 atom stereocenters. The number of benzene rings is 1. The van der Waals surface area contributed by atoms with E-state index in [0.29, 0.717) is 24.9 Å². The summed E-state index contributed by atoms with van der Waals surface area (Å²) in [7, 11) is -4.04. The summed E-state index contributed by atoms with van der Waals surface area (Å²) < 4.78 is 58.0. The molecule has 1 saturated carbocycles. The molecule has 35 heavy (non-hydrogen) atoms. The molecule has 0 spiro atoms. The fraction of sp³-hybridized carbons (Fsp3) is 0.520. The summed E-state index contributed by atoms with van der Waals surface area (Å²) in [6.07, 6.45) is 5.78. The first-order valence-electron chi connectivity index (χ1n) is 12.0. The lowest BCUT2D eigenvalue weighted by atomic mass is 9.90. The maximum atomic E-state index is 13.9. The minimum absolute atomic E-state index is 0.0631. The maximum Gasteiger partial charge on any atom is 0.248 e. The minimum Gasteiger partial charge on any atom is -0.335 e. The van der Waals surface area contributed by atoms with Gasteiger partial charge in [0, 0.05) is 43.6 Å². The van der Waals surface area contributed by atoms with Gasteiger partial charge < -0.3 is 4.90 Å². The molecule has 2 aliphatic rings. The summed E-state index contributed by atoms with van der Waals surface area (Å²) in [6.45, 7) is 10.2. The zero-order valence-electron chi connectivity index (χ0n) is 20.0. The molecule has 2 heterocycles. The number of nitrogens with zero attached hydrogens (tertiary/aromatic N) is 4. The molecule has 10 heteroatoms. The van der Waals surface area contributed by atoms with Crippen LogP contribution in [0.1, 0.15) is 44.1 Å². The SMILES string of the molecule is C=CCN(C(=O)[C@@H]1CCCN1S(=O)(=O)c1ccc(C)c2cn(CC=C)nc12)C1CCC(F)(F)CC1. The van der Waals surface area contributed by atoms with Crippen molar-refractivity contribution in [3.8, 4) is 0 Å². The highest BCUT2D eigenvalue weighted by atomic mass is 32.2. The molecule has 0 radical (unpaired) electrons. The molecule has 0 unspecified atom stereocenters. The van der Waals surface area contributed by atoms with E-state index < -0.39 is 22.0 Å². The third-order valence-electron chi connectivity index (χ3n) is 7.03. The van der Waals surface area contributed by atoms with Crippen LogP contribution in [0, 0.1) is 6.92 Å². The monoisotopic (exact) mass is 506 g/mol. The highest BCUT2D eigenvalue weighted by Crippen LogP contribution is 2.37. The topological polar surface area (TPSA) is 75.5 Å². The highest BCUT2D eigenvalue weighted by molar-refractivity contribution is 7.89. The van der Waals surface area contributed by atoms with Gasteiger partial charge in [0.25, 0.3) is 0 Å². The van der Waals surface area contributed by atoms with Crippen LogP contribution in [0.5, 0.6) is 0 Å². The maximum absolute atomic E-state index is 13.9. The summed E-state index contributed by atoms with van der Waals surface area (Å²) in [5.41, 5.74) is 1.26. The lowest BCUT2D eigenvalue weighted by Gasteiger charge is -2.38. The molecular weight excluding hydrogens is 474 g/mol. The molecule has 1 aliphatic heterocycles. The average molecular weight is 507 g/mol. The van der Waals surface area contributed by atoms with Crippen LogP contribution in [-0.4, -0.2) is 64.4 Å². The number of halogens is 2. The second-order valence-electron chi connectivity index (χ2n) is 9.42. The number of amides is 1. The Balaban J connectivity index is 1.65. The lowest BCUT2D eigenvalue weighted by Crippen LogP contribution is -2.52. The van der Waals surface area contributed by atoms with Crippen molar-refractivity contribution in [1.29, 1.82) is 0 Å². The Morgan fingerprint density at radius 2 is 1.94 bits per heavy atom. The smallest absolute Gasteiger partial charge is 0.248 e. The van der Waals surface area contributed by atoms with Gasteiger partial charge in [-0.15, -0.1) is 13.2 Å². The molecule has 2 fully saturated rings. The van der Waals surface area contributed by atoms with Crippen molar-refractivity contribution in [2.24, 2.45) is 0 Å². The number of aryl methyl sites for hydroxylation is 1. The van der Waals surface area contributed by atoms with Gasteiger partial charge in [-0.1, -0.05) is 18.2 Å². The van der Waals surface area contributed by atoms with E-state index in [4.69, 9.17) is 0 Å². The van der Waals surface area contributed by atoms with Gasteiger partial charge in [-0.2, -0.15) is 9.40 Å². The van der Waals surface area contributed by atoms with E-state index in [1.807, 2.05) is 6.92 Å². The number of rotatable bonds is 8. The Bertz CT molecular complexity index is 1230. The number of carbonyl (C=O) groups excluding carboxylic acids is 1. The van der Waals surface area contributed by atoms with Crippen LogP contribution in [0.4, 0.5) is 8.78 Å². The van der Waals surface area contributed by atoms with Gasteiger partial charge >= 0.3 is 0 Å². The summed E-state index contributed by atoms with van der Waals surface area (Å²) >= 11 is 0. The number of carbonyl (C=O) groups is 1. The van der Waals surface area contributed by atoms with E-state index in [1.54, 1.807) is 40.1 Å². The predicted molar refractivity (Wildman–Crippen MR) is 131 cm³/mol. The van der Waals surface area contributed by atoms with Crippen molar-refractivity contribution >= 4 is 26.8 Å². The largest absolute Gasteiger partial charge is 0.335 e. The zero-order chi connectivity index (χ0) is 25.4. The second-order valence-corrected chi connectivity index (χ2v) is 11.3. The van der Waals surface area contributed by atoms with Crippen LogP contribution >= 0.6 is 0 Å². The number of alkyl halides is 2. The van der Waals surface area contributed by atoms with Gasteiger partial charge in [0.1, 0.15) is 16.5 Å². The van der Waals surface area contributed by atoms with Crippen LogP contribution in [0.2, 0.25) is 0 Å².